The summed E-state index contributed by atoms with van der Waals surface area (Å²) < 4.78 is 54.3. The van der Waals surface area contributed by atoms with Crippen molar-refractivity contribution < 1.29 is 22.4 Å². The summed E-state index contributed by atoms with van der Waals surface area (Å²) in [5, 5.41) is 3.33. The number of carbonyl (C=O) groups is 1. The van der Waals surface area contributed by atoms with E-state index in [-0.39, 0.29) is 17.2 Å². The molecule has 3 rings (SSSR count). The maximum absolute atomic E-state index is 14.8. The van der Waals surface area contributed by atoms with Gasteiger partial charge in [-0.1, -0.05) is 0 Å². The van der Waals surface area contributed by atoms with E-state index in [1.165, 1.54) is 0 Å². The molecule has 0 bridgehead atoms. The number of halogens is 4. The molecule has 0 spiro atoms. The fraction of sp³-hybridized carbons (Fsp3) is 0.476. The van der Waals surface area contributed by atoms with Gasteiger partial charge < -0.3 is 16.0 Å². The van der Waals surface area contributed by atoms with Crippen LogP contribution < -0.4 is 16.0 Å². The van der Waals surface area contributed by atoms with Gasteiger partial charge in [0, 0.05) is 37.3 Å². The lowest BCUT2D eigenvalue weighted by Gasteiger charge is -2.31. The van der Waals surface area contributed by atoms with Crippen molar-refractivity contribution in [3.05, 3.63) is 46.5 Å². The topological polar surface area (TPSA) is 84.1 Å². The molecule has 31 heavy (non-hydrogen) atoms. The molecule has 2 aromatic rings. The third-order valence-corrected chi connectivity index (χ3v) is 5.52. The zero-order chi connectivity index (χ0) is 22.9. The molecule has 0 aliphatic heterocycles. The standard InChI is InChI=1S/C21H25F4N5O/c1-11-27-16(10-17(28-11)30(2)3)29-13-6-4-12(5-7-13)18-14(20(26)31)8-9-15(19(18)22)21(23,24)25/h8-10,12-13H,4-7H2,1-3H3,(H2,26,31)(H,27,28,29). The average molecular weight is 439 g/mol. The third-order valence-electron chi connectivity index (χ3n) is 5.52. The second-order valence-corrected chi connectivity index (χ2v) is 8.00. The minimum Gasteiger partial charge on any atom is -0.367 e. The van der Waals surface area contributed by atoms with Gasteiger partial charge in [-0.05, 0) is 50.7 Å². The fourth-order valence-electron chi connectivity index (χ4n) is 4.02. The van der Waals surface area contributed by atoms with E-state index in [1.807, 2.05) is 25.1 Å². The molecule has 1 aromatic carbocycles. The number of nitrogens with two attached hydrogens (primary N) is 1. The molecule has 0 unspecified atom stereocenters. The number of aromatic nitrogens is 2. The van der Waals surface area contributed by atoms with Crippen molar-refractivity contribution in [3.63, 3.8) is 0 Å². The van der Waals surface area contributed by atoms with Gasteiger partial charge in [0.15, 0.2) is 0 Å². The number of anilines is 2. The molecule has 1 aliphatic carbocycles. The number of hydrogen-bond acceptors (Lipinski definition) is 5. The second-order valence-electron chi connectivity index (χ2n) is 8.00. The van der Waals surface area contributed by atoms with Crippen molar-refractivity contribution in [1.29, 1.82) is 0 Å². The highest BCUT2D eigenvalue weighted by molar-refractivity contribution is 5.94. The Hall–Kier alpha value is -2.91. The summed E-state index contributed by atoms with van der Waals surface area (Å²) in [7, 11) is 3.74. The summed E-state index contributed by atoms with van der Waals surface area (Å²) in [6.45, 7) is 1.79. The molecule has 6 nitrogen and oxygen atoms in total. The number of alkyl halides is 3. The summed E-state index contributed by atoms with van der Waals surface area (Å²) in [6, 6.07) is 3.38. The van der Waals surface area contributed by atoms with Gasteiger partial charge in [0.05, 0.1) is 5.56 Å². The molecule has 1 heterocycles. The van der Waals surface area contributed by atoms with E-state index >= 15 is 0 Å². The molecule has 0 atom stereocenters. The minimum absolute atomic E-state index is 0.0199. The summed E-state index contributed by atoms with van der Waals surface area (Å²) in [4.78, 5) is 22.3. The highest BCUT2D eigenvalue weighted by atomic mass is 19.4. The Bertz CT molecular complexity index is 969. The average Bonchev–Trinajstić information content (AvgIpc) is 2.67. The van der Waals surface area contributed by atoms with Gasteiger partial charge in [-0.2, -0.15) is 13.2 Å². The maximum atomic E-state index is 14.8. The van der Waals surface area contributed by atoms with Crippen LogP contribution in [0.4, 0.5) is 29.2 Å². The SMILES string of the molecule is Cc1nc(NC2CCC(c3c(C(N)=O)ccc(C(F)(F)F)c3F)CC2)cc(N(C)C)n1. The van der Waals surface area contributed by atoms with Crippen molar-refractivity contribution in [2.45, 2.75) is 50.7 Å². The lowest BCUT2D eigenvalue weighted by atomic mass is 9.79. The third kappa shape index (κ3) is 5.05. The van der Waals surface area contributed by atoms with E-state index in [0.717, 1.165) is 11.9 Å². The number of carbonyl (C=O) groups excluding carboxylic acids is 1. The van der Waals surface area contributed by atoms with Gasteiger partial charge in [0.25, 0.3) is 0 Å². The Balaban J connectivity index is 1.79. The number of aryl methyl sites for hydroxylation is 1. The first kappa shape index (κ1) is 22.8. The van der Waals surface area contributed by atoms with E-state index in [2.05, 4.69) is 15.3 Å². The summed E-state index contributed by atoms with van der Waals surface area (Å²) in [5.41, 5.74) is 3.52. The van der Waals surface area contributed by atoms with E-state index < -0.39 is 29.4 Å². The van der Waals surface area contributed by atoms with Gasteiger partial charge in [0.2, 0.25) is 5.91 Å². The van der Waals surface area contributed by atoms with Crippen LogP contribution in [-0.4, -0.2) is 36.0 Å². The smallest absolute Gasteiger partial charge is 0.367 e. The van der Waals surface area contributed by atoms with Gasteiger partial charge in [-0.3, -0.25) is 4.79 Å². The van der Waals surface area contributed by atoms with E-state index in [1.54, 1.807) is 6.92 Å². The van der Waals surface area contributed by atoms with E-state index in [4.69, 9.17) is 5.73 Å². The summed E-state index contributed by atoms with van der Waals surface area (Å²) in [5.74, 6) is -0.840. The normalized spacial score (nSPS) is 19.2. The Morgan fingerprint density at radius 1 is 1.16 bits per heavy atom. The van der Waals surface area contributed by atoms with Crippen LogP contribution in [0.25, 0.3) is 0 Å². The summed E-state index contributed by atoms with van der Waals surface area (Å²) >= 11 is 0. The van der Waals surface area contributed by atoms with Gasteiger partial charge in [0.1, 0.15) is 23.3 Å². The number of amides is 1. The molecule has 0 radical (unpaired) electrons. The van der Waals surface area contributed by atoms with Crippen molar-refractivity contribution in [1.82, 2.24) is 9.97 Å². The Morgan fingerprint density at radius 3 is 2.35 bits per heavy atom. The Labute approximate surface area is 177 Å². The first-order chi connectivity index (χ1) is 14.5. The monoisotopic (exact) mass is 439 g/mol. The van der Waals surface area contributed by atoms with Crippen LogP contribution in [0.1, 0.15) is 58.9 Å². The van der Waals surface area contributed by atoms with Crippen LogP contribution in [0.3, 0.4) is 0 Å². The van der Waals surface area contributed by atoms with Crippen LogP contribution in [0.15, 0.2) is 18.2 Å². The zero-order valence-corrected chi connectivity index (χ0v) is 17.6. The van der Waals surface area contributed by atoms with Crippen LogP contribution in [0.2, 0.25) is 0 Å². The van der Waals surface area contributed by atoms with Crippen LogP contribution >= 0.6 is 0 Å². The van der Waals surface area contributed by atoms with E-state index in [0.29, 0.717) is 43.4 Å². The maximum Gasteiger partial charge on any atom is 0.419 e. The summed E-state index contributed by atoms with van der Waals surface area (Å²) in [6.07, 6.45) is -2.85. The zero-order valence-electron chi connectivity index (χ0n) is 17.6. The highest BCUT2D eigenvalue weighted by Gasteiger charge is 2.38. The van der Waals surface area contributed by atoms with Crippen molar-refractivity contribution in [3.8, 4) is 0 Å². The van der Waals surface area contributed by atoms with E-state index in [9.17, 15) is 22.4 Å². The molecular weight excluding hydrogens is 414 g/mol. The molecule has 1 amide bonds. The molecule has 0 saturated heterocycles. The molecule has 1 saturated carbocycles. The molecule has 3 N–H and O–H groups in total. The van der Waals surface area contributed by atoms with Crippen molar-refractivity contribution >= 4 is 17.5 Å². The molecule has 10 heteroatoms. The van der Waals surface area contributed by atoms with Gasteiger partial charge in [-0.15, -0.1) is 0 Å². The first-order valence-corrected chi connectivity index (χ1v) is 9.96. The van der Waals surface area contributed by atoms with Crippen LogP contribution in [0, 0.1) is 12.7 Å². The molecule has 1 aliphatic rings. The lowest BCUT2D eigenvalue weighted by molar-refractivity contribution is -0.140. The Kier molecular flexibility index (Phi) is 6.38. The number of hydrogen-bond donors (Lipinski definition) is 2. The van der Waals surface area contributed by atoms with Crippen molar-refractivity contribution in [2.24, 2.45) is 5.73 Å². The second kappa shape index (κ2) is 8.68. The van der Waals surface area contributed by atoms with Gasteiger partial charge in [-0.25, -0.2) is 14.4 Å². The van der Waals surface area contributed by atoms with Crippen molar-refractivity contribution in [2.75, 3.05) is 24.3 Å². The highest BCUT2D eigenvalue weighted by Crippen LogP contribution is 2.41. The molecular formula is C21H25F4N5O. The number of benzene rings is 1. The Morgan fingerprint density at radius 2 is 1.81 bits per heavy atom. The number of rotatable bonds is 5. The first-order valence-electron chi connectivity index (χ1n) is 9.96. The number of primary amides is 1. The van der Waals surface area contributed by atoms with Gasteiger partial charge >= 0.3 is 6.18 Å². The molecule has 1 fully saturated rings. The minimum atomic E-state index is -4.84. The fourth-order valence-corrected chi connectivity index (χ4v) is 4.02. The predicted molar refractivity (Wildman–Crippen MR) is 110 cm³/mol. The quantitative estimate of drug-likeness (QED) is 0.681. The molecule has 1 aromatic heterocycles. The largest absolute Gasteiger partial charge is 0.419 e. The van der Waals surface area contributed by atoms with Crippen LogP contribution in [0.5, 0.6) is 0 Å². The number of nitrogens with one attached hydrogen (secondary N) is 1. The van der Waals surface area contributed by atoms with Crippen LogP contribution in [-0.2, 0) is 6.18 Å². The molecule has 168 valence electrons. The number of nitrogens with zero attached hydrogens (tertiary/aromatic N) is 3. The lowest BCUT2D eigenvalue weighted by Crippen LogP contribution is -2.28. The predicted octanol–water partition coefficient (Wildman–Crippen LogP) is 4.25.